The number of halogens is 1. The van der Waals surface area contributed by atoms with Crippen LogP contribution >= 0.6 is 17.2 Å². The molecule has 0 saturated carbocycles. The van der Waals surface area contributed by atoms with Crippen molar-refractivity contribution in [3.63, 3.8) is 0 Å². The van der Waals surface area contributed by atoms with Crippen LogP contribution in [0.4, 0.5) is 5.69 Å². The maximum atomic E-state index is 13.7. The number of hydrogen-bond donors (Lipinski definition) is 1. The van der Waals surface area contributed by atoms with Crippen molar-refractivity contribution in [3.8, 4) is 5.75 Å². The van der Waals surface area contributed by atoms with E-state index in [0.29, 0.717) is 0 Å². The van der Waals surface area contributed by atoms with Gasteiger partial charge in [-0.15, -0.1) is 0 Å². The number of amides is 1. The summed E-state index contributed by atoms with van der Waals surface area (Å²) in [5, 5.41) is 5.99. The molecule has 0 spiro atoms. The molecule has 168 valence electrons. The summed E-state index contributed by atoms with van der Waals surface area (Å²) in [6.45, 7) is 1.95. The number of carbonyl (C=O) groups is 1. The zero-order valence-electron chi connectivity index (χ0n) is 18.7. The van der Waals surface area contributed by atoms with Crippen LogP contribution in [-0.4, -0.2) is 19.2 Å². The van der Waals surface area contributed by atoms with Gasteiger partial charge in [0.2, 0.25) is 0 Å². The van der Waals surface area contributed by atoms with Gasteiger partial charge >= 0.3 is 200 Å². The number of nitrogens with one attached hydrogen (secondary N) is 1. The van der Waals surface area contributed by atoms with E-state index in [1.165, 1.54) is 0 Å². The quantitative estimate of drug-likeness (QED) is 0.352. The van der Waals surface area contributed by atoms with Gasteiger partial charge in [-0.2, -0.15) is 0 Å². The molecule has 0 aromatic heterocycles. The molecular formula is C28H27ClNO2P. The van der Waals surface area contributed by atoms with Gasteiger partial charge in [0.05, 0.1) is 0 Å². The van der Waals surface area contributed by atoms with Crippen LogP contribution in [0.2, 0.25) is 0 Å². The third-order valence-corrected chi connectivity index (χ3v) is 13.2. The van der Waals surface area contributed by atoms with E-state index >= 15 is 0 Å². The van der Waals surface area contributed by atoms with E-state index in [2.05, 4.69) is 5.32 Å². The first kappa shape index (κ1) is 23.0. The maximum absolute atomic E-state index is 13.7. The monoisotopic (exact) mass is 475 g/mol. The van der Waals surface area contributed by atoms with Crippen molar-refractivity contribution in [2.75, 3.05) is 18.6 Å². The van der Waals surface area contributed by atoms with Crippen LogP contribution in [0, 0.1) is 6.92 Å². The zero-order chi connectivity index (χ0) is 23.3. The average Bonchev–Trinajstić information content (AvgIpc) is 2.87. The summed E-state index contributed by atoms with van der Waals surface area (Å²) in [7, 11) is 1.63. The number of benzene rings is 4. The first-order chi connectivity index (χ1) is 15.9. The van der Waals surface area contributed by atoms with Crippen LogP contribution < -0.4 is 26.0 Å². The summed E-state index contributed by atoms with van der Waals surface area (Å²) in [5.41, 5.74) is 1.67. The average molecular weight is 476 g/mol. The van der Waals surface area contributed by atoms with E-state index in [0.717, 1.165) is 32.9 Å². The molecule has 1 N–H and O–H groups in total. The second-order valence-electron chi connectivity index (χ2n) is 8.08. The summed E-state index contributed by atoms with van der Waals surface area (Å²) >= 11 is 7.97. The molecule has 0 aliphatic heterocycles. The molecule has 33 heavy (non-hydrogen) atoms. The van der Waals surface area contributed by atoms with E-state index in [1.807, 2.05) is 116 Å². The van der Waals surface area contributed by atoms with Crippen molar-refractivity contribution in [3.05, 3.63) is 115 Å². The molecule has 0 saturated heterocycles. The van der Waals surface area contributed by atoms with Crippen molar-refractivity contribution in [1.82, 2.24) is 0 Å². The van der Waals surface area contributed by atoms with E-state index in [1.54, 1.807) is 7.11 Å². The molecule has 3 nitrogen and oxygen atoms in total. The molecule has 0 fully saturated rings. The first-order valence-corrected chi connectivity index (χ1v) is 14.1. The number of aryl methyl sites for hydroxylation is 1. The predicted octanol–water partition coefficient (Wildman–Crippen LogP) is 5.63. The summed E-state index contributed by atoms with van der Waals surface area (Å²) in [6.07, 6.45) is 0.136. The third kappa shape index (κ3) is 4.27. The van der Waals surface area contributed by atoms with Gasteiger partial charge in [-0.05, 0) is 0 Å². The molecule has 0 unspecified atom stereocenters. The number of rotatable bonds is 7. The second kappa shape index (κ2) is 9.39. The van der Waals surface area contributed by atoms with Crippen LogP contribution in [0.5, 0.6) is 5.75 Å². The number of ether oxygens (including phenoxy) is 1. The van der Waals surface area contributed by atoms with Crippen LogP contribution in [0.1, 0.15) is 5.56 Å². The van der Waals surface area contributed by atoms with Gasteiger partial charge in [0.1, 0.15) is 0 Å². The van der Waals surface area contributed by atoms with Gasteiger partial charge in [0.15, 0.2) is 0 Å². The Morgan fingerprint density at radius 3 is 1.64 bits per heavy atom. The predicted molar refractivity (Wildman–Crippen MR) is 142 cm³/mol. The Kier molecular flexibility index (Phi) is 6.56. The van der Waals surface area contributed by atoms with Crippen molar-refractivity contribution in [2.45, 2.75) is 6.92 Å². The van der Waals surface area contributed by atoms with Gasteiger partial charge in [-0.25, -0.2) is 0 Å². The SMILES string of the molecule is COc1ccc(NC(=O)CP(Cl)(c2ccccc2)(c2ccccc2)c2ccccc2)c(C)c1. The summed E-state index contributed by atoms with van der Waals surface area (Å²) in [6, 6.07) is 35.6. The van der Waals surface area contributed by atoms with E-state index in [-0.39, 0.29) is 12.1 Å². The summed E-state index contributed by atoms with van der Waals surface area (Å²) < 4.78 is 5.30. The summed E-state index contributed by atoms with van der Waals surface area (Å²) in [5.74, 6) is -3.04. The Balaban J connectivity index is 1.87. The van der Waals surface area contributed by atoms with Gasteiger partial charge < -0.3 is 0 Å². The van der Waals surface area contributed by atoms with Gasteiger partial charge in [-0.3, -0.25) is 0 Å². The molecular weight excluding hydrogens is 449 g/mol. The molecule has 5 heteroatoms. The fraction of sp³-hybridized carbons (Fsp3) is 0.107. The molecule has 0 heterocycles. The molecule has 0 atom stereocenters. The van der Waals surface area contributed by atoms with Gasteiger partial charge in [-0.1, -0.05) is 0 Å². The number of anilines is 1. The van der Waals surface area contributed by atoms with Crippen molar-refractivity contribution in [2.24, 2.45) is 0 Å². The molecule has 0 aliphatic carbocycles. The van der Waals surface area contributed by atoms with Crippen LogP contribution in [-0.2, 0) is 4.79 Å². The van der Waals surface area contributed by atoms with Crippen molar-refractivity contribution < 1.29 is 9.53 Å². The van der Waals surface area contributed by atoms with Crippen molar-refractivity contribution in [1.29, 1.82) is 0 Å². The zero-order valence-corrected chi connectivity index (χ0v) is 20.4. The molecule has 0 radical (unpaired) electrons. The first-order valence-electron chi connectivity index (χ1n) is 10.8. The standard InChI is InChI=1S/C28H27ClNO2P/c1-22-20-23(32-2)18-19-27(22)30-28(31)21-33(29,24-12-6-3-7-13-24,25-14-8-4-9-15-25)26-16-10-5-11-17-26/h3-20H,21H2,1-2H3,(H,30,31). The molecule has 0 aliphatic rings. The Labute approximate surface area is 200 Å². The molecule has 1 amide bonds. The van der Waals surface area contributed by atoms with E-state index in [4.69, 9.17) is 16.0 Å². The molecule has 4 rings (SSSR count). The number of hydrogen-bond acceptors (Lipinski definition) is 2. The van der Waals surface area contributed by atoms with Crippen molar-refractivity contribution >= 4 is 44.7 Å². The number of methoxy groups -OCH3 is 1. The second-order valence-corrected chi connectivity index (χ2v) is 14.5. The Bertz CT molecular complexity index is 1150. The van der Waals surface area contributed by atoms with Crippen LogP contribution in [0.3, 0.4) is 0 Å². The topological polar surface area (TPSA) is 38.3 Å². The Hall–Kier alpha value is -3.13. The Morgan fingerprint density at radius 1 is 0.788 bits per heavy atom. The van der Waals surface area contributed by atoms with E-state index in [9.17, 15) is 4.79 Å². The number of carbonyl (C=O) groups excluding carboxylic acids is 1. The van der Waals surface area contributed by atoms with Gasteiger partial charge in [0, 0.05) is 0 Å². The molecule has 4 aromatic carbocycles. The minimum atomic E-state index is -3.66. The fourth-order valence-electron chi connectivity index (χ4n) is 4.30. The Morgan fingerprint density at radius 2 is 1.24 bits per heavy atom. The normalized spacial score (nSPS) is 12.4. The van der Waals surface area contributed by atoms with E-state index < -0.39 is 5.96 Å². The summed E-state index contributed by atoms with van der Waals surface area (Å²) in [4.78, 5) is 13.7. The fourth-order valence-corrected chi connectivity index (χ4v) is 10.1. The van der Waals surface area contributed by atoms with Gasteiger partial charge in [0.25, 0.3) is 0 Å². The van der Waals surface area contributed by atoms with Crippen LogP contribution in [0.15, 0.2) is 109 Å². The minimum absolute atomic E-state index is 0.132. The third-order valence-electron chi connectivity index (χ3n) is 6.03. The van der Waals surface area contributed by atoms with Crippen LogP contribution in [0.25, 0.3) is 0 Å². The molecule has 0 bridgehead atoms. The molecule has 4 aromatic rings.